The number of hydrogen-bond donors (Lipinski definition) is 4. The van der Waals surface area contributed by atoms with E-state index in [1.54, 1.807) is 6.92 Å². The number of ether oxygens (including phenoxy) is 2. The third-order valence-corrected chi connectivity index (χ3v) is 5.44. The van der Waals surface area contributed by atoms with Crippen LogP contribution in [0.2, 0.25) is 0 Å². The molecule has 0 aromatic rings. The van der Waals surface area contributed by atoms with Gasteiger partial charge in [0.25, 0.3) is 5.60 Å². The Labute approximate surface area is 264 Å². The molecule has 0 radical (unpaired) electrons. The van der Waals surface area contributed by atoms with Gasteiger partial charge in [-0.05, 0) is 26.3 Å². The van der Waals surface area contributed by atoms with E-state index in [0.717, 1.165) is 12.5 Å². The molecular weight excluding hydrogens is 742 g/mol. The summed E-state index contributed by atoms with van der Waals surface area (Å²) in [5.41, 5.74) is -7.64. The smallest absolute Gasteiger partial charge is 0.455 e. The topological polar surface area (TPSA) is 116 Å². The Kier molecular flexibility index (Phi) is 17.8. The standard InChI is InChI=1S/C10H11F9O3.C7H8F6O2.C4H8O.C3H3F3O/c1-5(3-6(2,20)8(11,12)13)4-22-7(21,9(14,15)16)10(17,18)19;1-3-2-5(6(8,9)10,7(11,12)13)15-4(3)14;1-4(2)3-5;1-2(7)3(4,5)6/h4,20-21H,3H2,1-2H3;3-4,14H,2H2,1H3;5H,1,3H2,2H3;1H3/b5-4+;;;. The minimum absolute atomic E-state index is 0.111. The van der Waals surface area contributed by atoms with Gasteiger partial charge in [0, 0.05) is 25.7 Å². The molecule has 1 fully saturated rings. The Bertz CT molecular complexity index is 1040. The van der Waals surface area contributed by atoms with Gasteiger partial charge >= 0.3 is 42.8 Å². The summed E-state index contributed by atoms with van der Waals surface area (Å²) < 4.78 is 224. The molecule has 1 aliphatic rings. The van der Waals surface area contributed by atoms with E-state index in [-0.39, 0.29) is 19.8 Å². The average Bonchev–Trinajstić information content (AvgIpc) is 3.16. The Balaban J connectivity index is -0.000000668. The van der Waals surface area contributed by atoms with Gasteiger partial charge in [-0.15, -0.1) is 0 Å². The zero-order chi connectivity index (χ0) is 40.6. The third-order valence-electron chi connectivity index (χ3n) is 5.44. The number of aliphatic hydroxyl groups is 4. The van der Waals surface area contributed by atoms with Gasteiger partial charge in [0.05, 0.1) is 12.9 Å². The van der Waals surface area contributed by atoms with Gasteiger partial charge in [0.1, 0.15) is 0 Å². The molecular formula is C24H30F18O7. The number of alkyl halides is 18. The molecule has 4 N–H and O–H groups in total. The van der Waals surface area contributed by atoms with Gasteiger partial charge < -0.3 is 29.9 Å². The largest absolute Gasteiger partial charge is 0.465 e. The number of hydrogen-bond acceptors (Lipinski definition) is 7. The van der Waals surface area contributed by atoms with Crippen molar-refractivity contribution in [3.63, 3.8) is 0 Å². The second-order valence-corrected chi connectivity index (χ2v) is 10.4. The Morgan fingerprint density at radius 1 is 0.816 bits per heavy atom. The van der Waals surface area contributed by atoms with Gasteiger partial charge in [-0.25, -0.2) is 0 Å². The van der Waals surface area contributed by atoms with Crippen LogP contribution in [0.3, 0.4) is 0 Å². The van der Waals surface area contributed by atoms with E-state index in [1.807, 2.05) is 0 Å². The van der Waals surface area contributed by atoms with Crippen molar-refractivity contribution in [3.8, 4) is 0 Å². The fraction of sp³-hybridized carbons (Fsp3) is 0.792. The molecule has 1 aliphatic heterocycles. The highest BCUT2D eigenvalue weighted by atomic mass is 19.4. The van der Waals surface area contributed by atoms with Crippen molar-refractivity contribution in [2.24, 2.45) is 5.92 Å². The normalized spacial score (nSPS) is 20.3. The molecule has 7 nitrogen and oxygen atoms in total. The maximum Gasteiger partial charge on any atom is 0.465 e. The van der Waals surface area contributed by atoms with Crippen molar-refractivity contribution in [2.45, 2.75) is 108 Å². The number of rotatable bonds is 5. The van der Waals surface area contributed by atoms with E-state index in [9.17, 15) is 83.8 Å². The van der Waals surface area contributed by atoms with Crippen molar-refractivity contribution in [1.29, 1.82) is 0 Å². The number of aliphatic hydroxyl groups excluding tert-OH is 2. The second-order valence-electron chi connectivity index (χ2n) is 10.4. The van der Waals surface area contributed by atoms with Gasteiger partial charge in [-0.3, -0.25) is 4.79 Å². The highest BCUT2D eigenvalue weighted by Crippen LogP contribution is 2.54. The maximum atomic E-state index is 12.3. The molecule has 3 unspecified atom stereocenters. The summed E-state index contributed by atoms with van der Waals surface area (Å²) in [5.74, 6) is -8.55. The summed E-state index contributed by atoms with van der Waals surface area (Å²) in [5, 5.41) is 34.5. The minimum atomic E-state index is -6.28. The lowest BCUT2D eigenvalue weighted by Crippen LogP contribution is -2.58. The first-order chi connectivity index (χ1) is 21.1. The highest BCUT2D eigenvalue weighted by Gasteiger charge is 2.76. The molecule has 3 atom stereocenters. The number of Topliss-reactive ketones (excluding diaryl/α,β-unsaturated/α-hetero) is 1. The predicted octanol–water partition coefficient (Wildman–Crippen LogP) is 7.34. The summed E-state index contributed by atoms with van der Waals surface area (Å²) in [6.45, 7) is 7.81. The summed E-state index contributed by atoms with van der Waals surface area (Å²) in [7, 11) is 0. The van der Waals surface area contributed by atoms with E-state index in [1.165, 1.54) is 0 Å². The Morgan fingerprint density at radius 2 is 1.14 bits per heavy atom. The van der Waals surface area contributed by atoms with E-state index < -0.39 is 90.5 Å². The van der Waals surface area contributed by atoms with Crippen LogP contribution in [-0.2, 0) is 14.3 Å². The summed E-state index contributed by atoms with van der Waals surface area (Å²) >= 11 is 0. The van der Waals surface area contributed by atoms with Crippen molar-refractivity contribution < 1.29 is 114 Å². The minimum Gasteiger partial charge on any atom is -0.455 e. The molecule has 0 aliphatic carbocycles. The van der Waals surface area contributed by atoms with Crippen LogP contribution in [0.15, 0.2) is 24.0 Å². The number of halogens is 18. The van der Waals surface area contributed by atoms with Crippen molar-refractivity contribution in [3.05, 3.63) is 24.0 Å². The van der Waals surface area contributed by atoms with Gasteiger partial charge in [0.15, 0.2) is 11.9 Å². The van der Waals surface area contributed by atoms with Gasteiger partial charge in [-0.2, -0.15) is 79.0 Å². The quantitative estimate of drug-likeness (QED) is 0.100. The molecule has 25 heteroatoms. The Morgan fingerprint density at radius 3 is 1.31 bits per heavy atom. The molecule has 0 aromatic heterocycles. The zero-order valence-electron chi connectivity index (χ0n) is 25.4. The van der Waals surface area contributed by atoms with Crippen molar-refractivity contribution in [2.75, 3.05) is 6.61 Å². The maximum absolute atomic E-state index is 12.3. The molecule has 1 rings (SSSR count). The first-order valence-corrected chi connectivity index (χ1v) is 12.4. The third kappa shape index (κ3) is 15.1. The summed E-state index contributed by atoms with van der Waals surface area (Å²) in [6.07, 6.45) is -38.6. The van der Waals surface area contributed by atoms with E-state index in [0.29, 0.717) is 13.8 Å². The SMILES string of the molecule is C/C(=C\OC(O)(C(F)(F)F)C(F)(F)F)CC(C)(O)C(F)(F)F.C=C(C)CO.CC(=O)C(F)(F)F.CC1CC(C(F)(F)F)(C(F)(F)F)OC1O. The lowest BCUT2D eigenvalue weighted by atomic mass is 9.93. The molecule has 0 amide bonds. The van der Waals surface area contributed by atoms with Crippen LogP contribution in [0.4, 0.5) is 79.0 Å². The molecule has 0 saturated carbocycles. The predicted molar refractivity (Wildman–Crippen MR) is 128 cm³/mol. The first-order valence-electron chi connectivity index (χ1n) is 12.4. The molecule has 0 bridgehead atoms. The zero-order valence-corrected chi connectivity index (χ0v) is 25.4. The molecule has 1 saturated heterocycles. The molecule has 294 valence electrons. The van der Waals surface area contributed by atoms with Gasteiger partial charge in [-0.1, -0.05) is 19.1 Å². The van der Waals surface area contributed by atoms with Crippen molar-refractivity contribution >= 4 is 5.78 Å². The fourth-order valence-electron chi connectivity index (χ4n) is 2.62. The molecule has 49 heavy (non-hydrogen) atoms. The van der Waals surface area contributed by atoms with E-state index in [2.05, 4.69) is 16.1 Å². The van der Waals surface area contributed by atoms with Crippen LogP contribution in [0, 0.1) is 5.92 Å². The monoisotopic (exact) mass is 772 g/mol. The number of carbonyl (C=O) groups excluding carboxylic acids is 1. The van der Waals surface area contributed by atoms with Crippen LogP contribution in [0.1, 0.15) is 47.5 Å². The van der Waals surface area contributed by atoms with Crippen LogP contribution < -0.4 is 0 Å². The average molecular weight is 772 g/mol. The van der Waals surface area contributed by atoms with Crippen LogP contribution >= 0.6 is 0 Å². The van der Waals surface area contributed by atoms with E-state index in [4.69, 9.17) is 20.4 Å². The van der Waals surface area contributed by atoms with Crippen LogP contribution in [0.25, 0.3) is 0 Å². The summed E-state index contributed by atoms with van der Waals surface area (Å²) in [4.78, 5) is 9.34. The molecule has 0 spiro atoms. The first kappa shape index (κ1) is 50.9. The highest BCUT2D eigenvalue weighted by molar-refractivity contribution is 5.81. The summed E-state index contributed by atoms with van der Waals surface area (Å²) in [6, 6.07) is 0. The van der Waals surface area contributed by atoms with Crippen molar-refractivity contribution in [1.82, 2.24) is 0 Å². The molecule has 1 heterocycles. The fourth-order valence-corrected chi connectivity index (χ4v) is 2.62. The second kappa shape index (κ2) is 17.1. The lowest BCUT2D eigenvalue weighted by Gasteiger charge is -2.32. The van der Waals surface area contributed by atoms with Crippen LogP contribution in [0.5, 0.6) is 0 Å². The van der Waals surface area contributed by atoms with Crippen LogP contribution in [-0.4, -0.2) is 93.2 Å². The number of ketones is 1. The lowest BCUT2D eigenvalue weighted by molar-refractivity contribution is -0.445. The number of carbonyl (C=O) groups is 1. The van der Waals surface area contributed by atoms with Gasteiger partial charge in [0.2, 0.25) is 5.78 Å². The Hall–Kier alpha value is -2.51. The van der Waals surface area contributed by atoms with E-state index >= 15 is 0 Å². The molecule has 0 aromatic carbocycles.